The molecule has 0 aliphatic heterocycles. The van der Waals surface area contributed by atoms with Gasteiger partial charge in [-0.1, -0.05) is 25.8 Å². The average Bonchev–Trinajstić information content (AvgIpc) is 2.37. The minimum absolute atomic E-state index is 0.190. The number of benzene rings is 1. The summed E-state index contributed by atoms with van der Waals surface area (Å²) in [7, 11) is 0. The fourth-order valence-electron chi connectivity index (χ4n) is 3.05. The van der Waals surface area contributed by atoms with Gasteiger partial charge in [0.2, 0.25) is 0 Å². The quantitative estimate of drug-likeness (QED) is 0.782. The van der Waals surface area contributed by atoms with Gasteiger partial charge >= 0.3 is 6.18 Å². The minimum Gasteiger partial charge on any atom is -0.388 e. The molecule has 1 nitrogen and oxygen atoms in total. The normalized spacial score (nSPS) is 25.5. The fourth-order valence-corrected chi connectivity index (χ4v) is 3.05. The lowest BCUT2D eigenvalue weighted by Gasteiger charge is -2.31. The van der Waals surface area contributed by atoms with Gasteiger partial charge in [0.25, 0.3) is 0 Å². The summed E-state index contributed by atoms with van der Waals surface area (Å²) in [6.07, 6.45) is -2.48. The van der Waals surface area contributed by atoms with E-state index < -0.39 is 23.7 Å². The van der Waals surface area contributed by atoms with Crippen molar-refractivity contribution < 1.29 is 22.7 Å². The van der Waals surface area contributed by atoms with Gasteiger partial charge in [-0.15, -0.1) is 0 Å². The van der Waals surface area contributed by atoms with Crippen LogP contribution in [-0.4, -0.2) is 5.11 Å². The first-order valence-corrected chi connectivity index (χ1v) is 6.83. The number of aliphatic hydroxyl groups excluding tert-OH is 1. The Kier molecular flexibility index (Phi) is 4.37. The summed E-state index contributed by atoms with van der Waals surface area (Å²) in [6, 6.07) is 2.49. The van der Waals surface area contributed by atoms with Crippen molar-refractivity contribution in [3.8, 4) is 0 Å². The molecule has 0 bridgehead atoms. The molecule has 0 amide bonds. The number of aliphatic hydroxyl groups is 1. The van der Waals surface area contributed by atoms with E-state index in [4.69, 9.17) is 0 Å². The summed E-state index contributed by atoms with van der Waals surface area (Å²) < 4.78 is 51.9. The Morgan fingerprint density at radius 3 is 2.55 bits per heavy atom. The van der Waals surface area contributed by atoms with Crippen LogP contribution in [0.1, 0.15) is 49.8 Å². The van der Waals surface area contributed by atoms with E-state index in [2.05, 4.69) is 0 Å². The molecule has 3 unspecified atom stereocenters. The van der Waals surface area contributed by atoms with Gasteiger partial charge in [0, 0.05) is 0 Å². The summed E-state index contributed by atoms with van der Waals surface area (Å²) >= 11 is 0. The first-order chi connectivity index (χ1) is 9.29. The predicted molar refractivity (Wildman–Crippen MR) is 67.5 cm³/mol. The third kappa shape index (κ3) is 3.32. The molecule has 112 valence electrons. The Bertz CT molecular complexity index is 469. The van der Waals surface area contributed by atoms with Crippen LogP contribution in [-0.2, 0) is 6.18 Å². The number of halogens is 4. The third-order valence-electron chi connectivity index (χ3n) is 4.06. The van der Waals surface area contributed by atoms with Crippen molar-refractivity contribution >= 4 is 0 Å². The van der Waals surface area contributed by atoms with Gasteiger partial charge < -0.3 is 5.11 Å². The molecule has 0 saturated heterocycles. The second kappa shape index (κ2) is 5.72. The molecule has 0 spiro atoms. The first kappa shape index (κ1) is 15.3. The largest absolute Gasteiger partial charge is 0.416 e. The van der Waals surface area contributed by atoms with Gasteiger partial charge in [0.05, 0.1) is 11.7 Å². The van der Waals surface area contributed by atoms with Gasteiger partial charge in [-0.3, -0.25) is 0 Å². The molecule has 1 saturated carbocycles. The van der Waals surface area contributed by atoms with Gasteiger partial charge in [-0.05, 0) is 42.4 Å². The highest BCUT2D eigenvalue weighted by Gasteiger charge is 2.37. The average molecular weight is 290 g/mol. The lowest BCUT2D eigenvalue weighted by molar-refractivity contribution is -0.139. The van der Waals surface area contributed by atoms with Gasteiger partial charge in [0.1, 0.15) is 5.82 Å². The molecule has 20 heavy (non-hydrogen) atoms. The monoisotopic (exact) mass is 290 g/mol. The Hall–Kier alpha value is -1.10. The van der Waals surface area contributed by atoms with Crippen LogP contribution >= 0.6 is 0 Å². The molecule has 0 radical (unpaired) electrons. The van der Waals surface area contributed by atoms with Crippen molar-refractivity contribution in [2.24, 2.45) is 11.8 Å². The van der Waals surface area contributed by atoms with Gasteiger partial charge in [0.15, 0.2) is 0 Å². The van der Waals surface area contributed by atoms with E-state index in [0.29, 0.717) is 24.8 Å². The molecular weight excluding hydrogens is 272 g/mol. The number of alkyl halides is 3. The van der Waals surface area contributed by atoms with Crippen molar-refractivity contribution in [3.05, 3.63) is 35.1 Å². The zero-order chi connectivity index (χ0) is 14.9. The van der Waals surface area contributed by atoms with E-state index >= 15 is 0 Å². The highest BCUT2D eigenvalue weighted by Crippen LogP contribution is 2.41. The van der Waals surface area contributed by atoms with Gasteiger partial charge in [-0.2, -0.15) is 13.2 Å². The topological polar surface area (TPSA) is 20.2 Å². The smallest absolute Gasteiger partial charge is 0.388 e. The lowest BCUT2D eigenvalue weighted by atomic mass is 9.77. The standard InChI is InChI=1S/C15H18F4O/c1-9-3-2-4-10(7-9)14(20)12-6-5-11(16)8-13(12)15(17,18)19/h5-6,8-10,14,20H,2-4,7H2,1H3. The van der Waals surface area contributed by atoms with E-state index in [1.54, 1.807) is 0 Å². The molecule has 5 heteroatoms. The van der Waals surface area contributed by atoms with Crippen LogP contribution in [0.25, 0.3) is 0 Å². The lowest BCUT2D eigenvalue weighted by Crippen LogP contribution is -2.23. The zero-order valence-electron chi connectivity index (χ0n) is 11.3. The second-order valence-corrected chi connectivity index (χ2v) is 5.71. The summed E-state index contributed by atoms with van der Waals surface area (Å²) in [5, 5.41) is 10.3. The van der Waals surface area contributed by atoms with Crippen molar-refractivity contribution in [2.75, 3.05) is 0 Å². The van der Waals surface area contributed by atoms with Crippen LogP contribution in [0.5, 0.6) is 0 Å². The fraction of sp³-hybridized carbons (Fsp3) is 0.600. The maximum absolute atomic E-state index is 13.1. The van der Waals surface area contributed by atoms with Crippen LogP contribution in [0, 0.1) is 17.7 Å². The van der Waals surface area contributed by atoms with Crippen molar-refractivity contribution in [2.45, 2.75) is 44.9 Å². The summed E-state index contributed by atoms with van der Waals surface area (Å²) in [4.78, 5) is 0. The molecule has 1 aliphatic carbocycles. The van der Waals surface area contributed by atoms with Crippen LogP contribution in [0.4, 0.5) is 17.6 Å². The first-order valence-electron chi connectivity index (χ1n) is 6.83. The molecule has 1 aromatic carbocycles. The summed E-state index contributed by atoms with van der Waals surface area (Å²) in [6.45, 7) is 2.04. The highest BCUT2D eigenvalue weighted by atomic mass is 19.4. The van der Waals surface area contributed by atoms with E-state index in [1.165, 1.54) is 0 Å². The van der Waals surface area contributed by atoms with E-state index in [9.17, 15) is 22.7 Å². The molecule has 1 aliphatic rings. The highest BCUT2D eigenvalue weighted by molar-refractivity contribution is 5.32. The zero-order valence-corrected chi connectivity index (χ0v) is 11.3. The van der Waals surface area contributed by atoms with Crippen LogP contribution in [0.2, 0.25) is 0 Å². The van der Waals surface area contributed by atoms with E-state index in [0.717, 1.165) is 25.0 Å². The van der Waals surface area contributed by atoms with Crippen molar-refractivity contribution in [3.63, 3.8) is 0 Å². The van der Waals surface area contributed by atoms with Gasteiger partial charge in [-0.25, -0.2) is 4.39 Å². The molecule has 1 N–H and O–H groups in total. The molecule has 0 heterocycles. The number of hydrogen-bond acceptors (Lipinski definition) is 1. The maximum atomic E-state index is 13.1. The molecular formula is C15H18F4O. The van der Waals surface area contributed by atoms with E-state index in [-0.39, 0.29) is 11.5 Å². The Balaban J connectivity index is 2.31. The number of rotatable bonds is 2. The van der Waals surface area contributed by atoms with Crippen LogP contribution in [0.15, 0.2) is 18.2 Å². The van der Waals surface area contributed by atoms with Crippen molar-refractivity contribution in [1.29, 1.82) is 0 Å². The molecule has 2 rings (SSSR count). The Labute approximate surface area is 115 Å². The second-order valence-electron chi connectivity index (χ2n) is 5.71. The molecule has 3 atom stereocenters. The van der Waals surface area contributed by atoms with Crippen LogP contribution < -0.4 is 0 Å². The summed E-state index contributed by atoms with van der Waals surface area (Å²) in [5.74, 6) is -0.728. The molecule has 1 fully saturated rings. The van der Waals surface area contributed by atoms with Crippen molar-refractivity contribution in [1.82, 2.24) is 0 Å². The predicted octanol–water partition coefficient (Wildman–Crippen LogP) is 4.70. The SMILES string of the molecule is CC1CCCC(C(O)c2ccc(F)cc2C(F)(F)F)C1. The summed E-state index contributed by atoms with van der Waals surface area (Å²) in [5.41, 5.74) is -1.28. The molecule has 1 aromatic rings. The molecule has 0 aromatic heterocycles. The maximum Gasteiger partial charge on any atom is 0.416 e. The Morgan fingerprint density at radius 1 is 1.25 bits per heavy atom. The van der Waals surface area contributed by atoms with E-state index in [1.807, 2.05) is 6.92 Å². The van der Waals surface area contributed by atoms with Crippen LogP contribution in [0.3, 0.4) is 0 Å². The minimum atomic E-state index is -4.65. The Morgan fingerprint density at radius 2 is 1.95 bits per heavy atom. The number of hydrogen-bond donors (Lipinski definition) is 1. The third-order valence-corrected chi connectivity index (χ3v) is 4.06.